The predicted octanol–water partition coefficient (Wildman–Crippen LogP) is 2.83. The van der Waals surface area contributed by atoms with Crippen LogP contribution in [0.2, 0.25) is 0 Å². The third-order valence-corrected chi connectivity index (χ3v) is 2.57. The molecular weight excluding hydrogens is 174 g/mol. The van der Waals surface area contributed by atoms with E-state index in [2.05, 4.69) is 33.0 Å². The molecule has 0 aromatic heterocycles. The van der Waals surface area contributed by atoms with E-state index in [9.17, 15) is 0 Å². The molecule has 2 heteroatoms. The summed E-state index contributed by atoms with van der Waals surface area (Å²) in [5.74, 6) is 0. The van der Waals surface area contributed by atoms with Crippen molar-refractivity contribution in [2.24, 2.45) is 5.41 Å². The summed E-state index contributed by atoms with van der Waals surface area (Å²) in [6.07, 6.45) is 3.73. The zero-order valence-corrected chi connectivity index (χ0v) is 10.5. The maximum absolute atomic E-state index is 5.65. The van der Waals surface area contributed by atoms with E-state index in [1.807, 2.05) is 7.05 Å². The van der Waals surface area contributed by atoms with E-state index < -0.39 is 0 Å². The Labute approximate surface area is 89.4 Å². The normalized spacial score (nSPS) is 14.4. The third kappa shape index (κ3) is 6.39. The van der Waals surface area contributed by atoms with Gasteiger partial charge in [0.1, 0.15) is 0 Å². The van der Waals surface area contributed by atoms with Gasteiger partial charge < -0.3 is 10.1 Å². The standard InChI is InChI=1S/C12H27NO/c1-6-7-8-9-14-10-11(13-5)12(2,3)4/h11,13H,6-10H2,1-5H3. The molecule has 14 heavy (non-hydrogen) atoms. The highest BCUT2D eigenvalue weighted by Gasteiger charge is 2.22. The van der Waals surface area contributed by atoms with Gasteiger partial charge in [-0.2, -0.15) is 0 Å². The van der Waals surface area contributed by atoms with Crippen molar-refractivity contribution in [2.45, 2.75) is 53.0 Å². The average Bonchev–Trinajstić information content (AvgIpc) is 2.09. The first-order chi connectivity index (χ1) is 6.52. The number of nitrogens with one attached hydrogen (secondary N) is 1. The molecule has 0 aliphatic rings. The summed E-state index contributed by atoms with van der Waals surface area (Å²) in [6.45, 7) is 10.7. The Hall–Kier alpha value is -0.0800. The molecule has 0 aromatic carbocycles. The van der Waals surface area contributed by atoms with Crippen LogP contribution < -0.4 is 5.32 Å². The summed E-state index contributed by atoms with van der Waals surface area (Å²) in [7, 11) is 2.01. The summed E-state index contributed by atoms with van der Waals surface area (Å²) in [5, 5.41) is 3.31. The van der Waals surface area contributed by atoms with Crippen LogP contribution in [0.4, 0.5) is 0 Å². The molecule has 0 aliphatic carbocycles. The maximum atomic E-state index is 5.65. The van der Waals surface area contributed by atoms with Gasteiger partial charge in [0.15, 0.2) is 0 Å². The lowest BCUT2D eigenvalue weighted by atomic mass is 9.87. The zero-order chi connectivity index (χ0) is 11.0. The summed E-state index contributed by atoms with van der Waals surface area (Å²) in [5.41, 5.74) is 0.277. The smallest absolute Gasteiger partial charge is 0.0624 e. The lowest BCUT2D eigenvalue weighted by molar-refractivity contribution is 0.0763. The fourth-order valence-corrected chi connectivity index (χ4v) is 1.42. The number of hydrogen-bond acceptors (Lipinski definition) is 2. The van der Waals surface area contributed by atoms with Crippen molar-refractivity contribution in [2.75, 3.05) is 20.3 Å². The monoisotopic (exact) mass is 201 g/mol. The highest BCUT2D eigenvalue weighted by Crippen LogP contribution is 2.19. The molecule has 0 saturated heterocycles. The molecule has 1 atom stereocenters. The van der Waals surface area contributed by atoms with Gasteiger partial charge >= 0.3 is 0 Å². The van der Waals surface area contributed by atoms with Gasteiger partial charge in [0.2, 0.25) is 0 Å². The SMILES string of the molecule is CCCCCOCC(NC)C(C)(C)C. The summed E-state index contributed by atoms with van der Waals surface area (Å²) in [6, 6.07) is 0.448. The Kier molecular flexibility index (Phi) is 7.20. The van der Waals surface area contributed by atoms with E-state index in [-0.39, 0.29) is 5.41 Å². The molecule has 2 nitrogen and oxygen atoms in total. The molecule has 1 N–H and O–H groups in total. The van der Waals surface area contributed by atoms with Crippen LogP contribution in [0.25, 0.3) is 0 Å². The number of ether oxygens (including phenoxy) is 1. The fraction of sp³-hybridized carbons (Fsp3) is 1.00. The zero-order valence-electron chi connectivity index (χ0n) is 10.5. The molecular formula is C12H27NO. The lowest BCUT2D eigenvalue weighted by Gasteiger charge is -2.30. The van der Waals surface area contributed by atoms with Crippen LogP contribution in [0.15, 0.2) is 0 Å². The van der Waals surface area contributed by atoms with Gasteiger partial charge in [-0.05, 0) is 18.9 Å². The van der Waals surface area contributed by atoms with Crippen LogP contribution >= 0.6 is 0 Å². The number of rotatable bonds is 7. The lowest BCUT2D eigenvalue weighted by Crippen LogP contribution is -2.41. The second kappa shape index (κ2) is 7.24. The molecule has 0 rings (SSSR count). The van der Waals surface area contributed by atoms with Gasteiger partial charge in [-0.3, -0.25) is 0 Å². The van der Waals surface area contributed by atoms with Gasteiger partial charge in [0.05, 0.1) is 6.61 Å². The minimum Gasteiger partial charge on any atom is -0.380 e. The molecule has 0 heterocycles. The quantitative estimate of drug-likeness (QED) is 0.640. The average molecular weight is 201 g/mol. The molecule has 0 radical (unpaired) electrons. The molecule has 0 saturated carbocycles. The van der Waals surface area contributed by atoms with Crippen LogP contribution in [0.3, 0.4) is 0 Å². The van der Waals surface area contributed by atoms with Crippen LogP contribution in [0, 0.1) is 5.41 Å². The van der Waals surface area contributed by atoms with Gasteiger partial charge in [0.25, 0.3) is 0 Å². The number of likely N-dealkylation sites (N-methyl/N-ethyl adjacent to an activating group) is 1. The largest absolute Gasteiger partial charge is 0.380 e. The highest BCUT2D eigenvalue weighted by molar-refractivity contribution is 4.78. The van der Waals surface area contributed by atoms with Gasteiger partial charge in [-0.15, -0.1) is 0 Å². The van der Waals surface area contributed by atoms with E-state index in [0.717, 1.165) is 13.2 Å². The summed E-state index contributed by atoms with van der Waals surface area (Å²) >= 11 is 0. The number of unbranched alkanes of at least 4 members (excludes halogenated alkanes) is 2. The fourth-order valence-electron chi connectivity index (χ4n) is 1.42. The highest BCUT2D eigenvalue weighted by atomic mass is 16.5. The van der Waals surface area contributed by atoms with Gasteiger partial charge in [-0.1, -0.05) is 40.5 Å². The first-order valence-electron chi connectivity index (χ1n) is 5.77. The molecule has 86 valence electrons. The van der Waals surface area contributed by atoms with Crippen molar-refractivity contribution >= 4 is 0 Å². The Balaban J connectivity index is 3.54. The van der Waals surface area contributed by atoms with Crippen molar-refractivity contribution in [3.05, 3.63) is 0 Å². The summed E-state index contributed by atoms with van der Waals surface area (Å²) in [4.78, 5) is 0. The van der Waals surface area contributed by atoms with E-state index >= 15 is 0 Å². The second-order valence-corrected chi connectivity index (χ2v) is 4.99. The first kappa shape index (κ1) is 13.9. The van der Waals surface area contributed by atoms with E-state index in [4.69, 9.17) is 4.74 Å². The van der Waals surface area contributed by atoms with Crippen molar-refractivity contribution in [1.29, 1.82) is 0 Å². The molecule has 0 fully saturated rings. The van der Waals surface area contributed by atoms with Gasteiger partial charge in [0, 0.05) is 12.6 Å². The van der Waals surface area contributed by atoms with Crippen molar-refractivity contribution in [3.63, 3.8) is 0 Å². The third-order valence-electron chi connectivity index (χ3n) is 2.57. The predicted molar refractivity (Wildman–Crippen MR) is 62.6 cm³/mol. The maximum Gasteiger partial charge on any atom is 0.0624 e. The van der Waals surface area contributed by atoms with Crippen molar-refractivity contribution in [1.82, 2.24) is 5.32 Å². The summed E-state index contributed by atoms with van der Waals surface area (Å²) < 4.78 is 5.65. The molecule has 0 aliphatic heterocycles. The Bertz CT molecular complexity index is 129. The Morgan fingerprint density at radius 1 is 1.21 bits per heavy atom. The van der Waals surface area contributed by atoms with Crippen LogP contribution in [-0.4, -0.2) is 26.3 Å². The minimum atomic E-state index is 0.277. The minimum absolute atomic E-state index is 0.277. The van der Waals surface area contributed by atoms with E-state index in [1.54, 1.807) is 0 Å². The van der Waals surface area contributed by atoms with E-state index in [1.165, 1.54) is 19.3 Å². The second-order valence-electron chi connectivity index (χ2n) is 4.99. The first-order valence-corrected chi connectivity index (χ1v) is 5.77. The van der Waals surface area contributed by atoms with Crippen LogP contribution in [0.1, 0.15) is 47.0 Å². The number of hydrogen-bond donors (Lipinski definition) is 1. The molecule has 0 spiro atoms. The van der Waals surface area contributed by atoms with E-state index in [0.29, 0.717) is 6.04 Å². The Morgan fingerprint density at radius 3 is 2.29 bits per heavy atom. The van der Waals surface area contributed by atoms with Crippen molar-refractivity contribution in [3.8, 4) is 0 Å². The molecule has 1 unspecified atom stereocenters. The topological polar surface area (TPSA) is 21.3 Å². The molecule has 0 bridgehead atoms. The van der Waals surface area contributed by atoms with Crippen molar-refractivity contribution < 1.29 is 4.74 Å². The van der Waals surface area contributed by atoms with Crippen LogP contribution in [-0.2, 0) is 4.74 Å². The Morgan fingerprint density at radius 2 is 1.86 bits per heavy atom. The molecule has 0 amide bonds. The van der Waals surface area contributed by atoms with Crippen LogP contribution in [0.5, 0.6) is 0 Å². The van der Waals surface area contributed by atoms with Gasteiger partial charge in [-0.25, -0.2) is 0 Å². The molecule has 0 aromatic rings.